The minimum atomic E-state index is -0.285. The Morgan fingerprint density at radius 1 is 1.26 bits per heavy atom. The number of anilines is 1. The monoisotopic (exact) mass is 373 g/mol. The summed E-state index contributed by atoms with van der Waals surface area (Å²) < 4.78 is 5.79. The third kappa shape index (κ3) is 4.30. The average Bonchev–Trinajstić information content (AvgIpc) is 2.78. The maximum absolute atomic E-state index is 12.9. The van der Waals surface area contributed by atoms with Crippen LogP contribution in [0.4, 0.5) is 5.69 Å². The number of carbonyl (C=O) groups is 3. The third-order valence-corrected chi connectivity index (χ3v) is 5.10. The third-order valence-electron chi connectivity index (χ3n) is 5.10. The normalized spacial score (nSPS) is 20.5. The van der Waals surface area contributed by atoms with Crippen LogP contribution in [0.2, 0.25) is 0 Å². The van der Waals surface area contributed by atoms with Crippen LogP contribution in [0.3, 0.4) is 0 Å². The van der Waals surface area contributed by atoms with Crippen LogP contribution in [-0.4, -0.2) is 73.5 Å². The van der Waals surface area contributed by atoms with E-state index in [0.29, 0.717) is 30.9 Å². The molecule has 0 aromatic heterocycles. The fourth-order valence-electron chi connectivity index (χ4n) is 3.57. The van der Waals surface area contributed by atoms with Crippen molar-refractivity contribution in [2.24, 2.45) is 0 Å². The fourth-order valence-corrected chi connectivity index (χ4v) is 3.57. The van der Waals surface area contributed by atoms with E-state index in [1.165, 1.54) is 9.80 Å². The molecule has 3 amide bonds. The molecule has 0 radical (unpaired) electrons. The second kappa shape index (κ2) is 8.52. The number of nitrogens with zero attached hydrogens (tertiary/aromatic N) is 3. The van der Waals surface area contributed by atoms with Gasteiger partial charge in [-0.1, -0.05) is 19.1 Å². The van der Waals surface area contributed by atoms with Crippen molar-refractivity contribution in [3.05, 3.63) is 29.8 Å². The summed E-state index contributed by atoms with van der Waals surface area (Å²) in [6.07, 6.45) is 2.83. The molecule has 2 aliphatic rings. The van der Waals surface area contributed by atoms with Crippen LogP contribution in [0.25, 0.3) is 0 Å². The molecule has 0 saturated carbocycles. The summed E-state index contributed by atoms with van der Waals surface area (Å²) in [6, 6.07) is 7.00. The highest BCUT2D eigenvalue weighted by Crippen LogP contribution is 2.24. The number of para-hydroxylation sites is 1. The molecule has 7 heteroatoms. The van der Waals surface area contributed by atoms with Gasteiger partial charge in [-0.3, -0.25) is 14.4 Å². The van der Waals surface area contributed by atoms with Crippen LogP contribution in [0.5, 0.6) is 0 Å². The van der Waals surface area contributed by atoms with Gasteiger partial charge in [-0.25, -0.2) is 0 Å². The van der Waals surface area contributed by atoms with Gasteiger partial charge in [0.2, 0.25) is 11.8 Å². The zero-order valence-corrected chi connectivity index (χ0v) is 16.0. The quantitative estimate of drug-likeness (QED) is 0.785. The second-order valence-electron chi connectivity index (χ2n) is 7.11. The van der Waals surface area contributed by atoms with Gasteiger partial charge in [0.05, 0.1) is 17.4 Å². The van der Waals surface area contributed by atoms with Gasteiger partial charge in [0.25, 0.3) is 5.91 Å². The Bertz CT molecular complexity index is 721. The molecule has 1 atom stereocenters. The largest absolute Gasteiger partial charge is 0.376 e. The predicted molar refractivity (Wildman–Crippen MR) is 102 cm³/mol. The molecule has 27 heavy (non-hydrogen) atoms. The molecule has 0 aliphatic carbocycles. The van der Waals surface area contributed by atoms with Crippen LogP contribution in [0, 0.1) is 0 Å². The highest BCUT2D eigenvalue weighted by Gasteiger charge is 2.32. The number of benzene rings is 1. The first-order valence-corrected chi connectivity index (χ1v) is 9.55. The van der Waals surface area contributed by atoms with Crippen molar-refractivity contribution in [3.63, 3.8) is 0 Å². The smallest absolute Gasteiger partial charge is 0.256 e. The molecule has 7 nitrogen and oxygen atoms in total. The van der Waals surface area contributed by atoms with Crippen molar-refractivity contribution >= 4 is 23.4 Å². The molecule has 1 fully saturated rings. The van der Waals surface area contributed by atoms with Crippen molar-refractivity contribution in [1.29, 1.82) is 0 Å². The first kappa shape index (κ1) is 19.4. The molecule has 0 N–H and O–H groups in total. The van der Waals surface area contributed by atoms with Crippen molar-refractivity contribution < 1.29 is 19.1 Å². The summed E-state index contributed by atoms with van der Waals surface area (Å²) in [5.41, 5.74) is 1.02. The Kier molecular flexibility index (Phi) is 6.11. The molecule has 1 unspecified atom stereocenters. The first-order chi connectivity index (χ1) is 13.0. The van der Waals surface area contributed by atoms with Gasteiger partial charge in [0.15, 0.2) is 0 Å². The Morgan fingerprint density at radius 3 is 2.81 bits per heavy atom. The topological polar surface area (TPSA) is 70.2 Å². The number of rotatable bonds is 5. The molecule has 0 spiro atoms. The standard InChI is InChI=1S/C20H27N3O4/c1-3-11-27-15-7-6-10-22(12-15)19(25)14-23-13-18(24)21(2)17-9-5-4-8-16(17)20(23)26/h4-5,8-9,15H,3,6-7,10-14H2,1-2H3. The summed E-state index contributed by atoms with van der Waals surface area (Å²) in [6.45, 7) is 3.77. The van der Waals surface area contributed by atoms with Gasteiger partial charge in [0.1, 0.15) is 13.1 Å². The van der Waals surface area contributed by atoms with Gasteiger partial charge in [-0.2, -0.15) is 0 Å². The number of amides is 3. The van der Waals surface area contributed by atoms with Crippen molar-refractivity contribution in [2.45, 2.75) is 32.3 Å². The number of ether oxygens (including phenoxy) is 1. The number of likely N-dealkylation sites (tertiary alicyclic amines) is 1. The van der Waals surface area contributed by atoms with Crippen molar-refractivity contribution in [2.75, 3.05) is 44.7 Å². The van der Waals surface area contributed by atoms with Crippen molar-refractivity contribution in [1.82, 2.24) is 9.80 Å². The molecular formula is C20H27N3O4. The Morgan fingerprint density at radius 2 is 2.04 bits per heavy atom. The Hall–Kier alpha value is -2.41. The fraction of sp³-hybridized carbons (Fsp3) is 0.550. The van der Waals surface area contributed by atoms with Crippen LogP contribution in [0.1, 0.15) is 36.5 Å². The summed E-state index contributed by atoms with van der Waals surface area (Å²) >= 11 is 0. The highest BCUT2D eigenvalue weighted by atomic mass is 16.5. The summed E-state index contributed by atoms with van der Waals surface area (Å²) in [7, 11) is 1.65. The van der Waals surface area contributed by atoms with E-state index in [9.17, 15) is 14.4 Å². The second-order valence-corrected chi connectivity index (χ2v) is 7.11. The lowest BCUT2D eigenvalue weighted by molar-refractivity contribution is -0.136. The molecule has 1 saturated heterocycles. The van der Waals surface area contributed by atoms with Crippen molar-refractivity contribution in [3.8, 4) is 0 Å². The lowest BCUT2D eigenvalue weighted by atomic mass is 10.1. The van der Waals surface area contributed by atoms with Gasteiger partial charge in [-0.15, -0.1) is 0 Å². The van der Waals surface area contributed by atoms with E-state index in [1.807, 2.05) is 0 Å². The lowest BCUT2D eigenvalue weighted by Gasteiger charge is -2.34. The molecule has 2 heterocycles. The molecule has 2 aliphatic heterocycles. The average molecular weight is 373 g/mol. The van der Waals surface area contributed by atoms with E-state index in [2.05, 4.69) is 6.92 Å². The number of piperidine rings is 1. The SMILES string of the molecule is CCCOC1CCCN(C(=O)CN2CC(=O)N(C)c3ccccc3C2=O)C1. The minimum Gasteiger partial charge on any atom is -0.376 e. The number of hydrogen-bond acceptors (Lipinski definition) is 4. The molecule has 1 aromatic carbocycles. The van der Waals surface area contributed by atoms with Gasteiger partial charge in [0, 0.05) is 26.7 Å². The van der Waals surface area contributed by atoms with Crippen LogP contribution in [0.15, 0.2) is 24.3 Å². The van der Waals surface area contributed by atoms with Gasteiger partial charge in [-0.05, 0) is 31.4 Å². The highest BCUT2D eigenvalue weighted by molar-refractivity contribution is 6.10. The van der Waals surface area contributed by atoms with E-state index in [0.717, 1.165) is 19.3 Å². The Labute approximate surface area is 159 Å². The zero-order valence-electron chi connectivity index (χ0n) is 16.0. The number of hydrogen-bond donors (Lipinski definition) is 0. The summed E-state index contributed by atoms with van der Waals surface area (Å²) in [4.78, 5) is 42.7. The van der Waals surface area contributed by atoms with E-state index in [1.54, 1.807) is 36.2 Å². The molecule has 3 rings (SSSR count). The number of likely N-dealkylation sites (N-methyl/N-ethyl adjacent to an activating group) is 1. The predicted octanol–water partition coefficient (Wildman–Crippen LogP) is 1.52. The molecule has 0 bridgehead atoms. The minimum absolute atomic E-state index is 0.0518. The Balaban J connectivity index is 1.70. The molecular weight excluding hydrogens is 346 g/mol. The van der Waals surface area contributed by atoms with Gasteiger partial charge < -0.3 is 19.4 Å². The van der Waals surface area contributed by atoms with Crippen LogP contribution in [-0.2, 0) is 14.3 Å². The van der Waals surface area contributed by atoms with Crippen LogP contribution >= 0.6 is 0 Å². The van der Waals surface area contributed by atoms with E-state index >= 15 is 0 Å². The summed E-state index contributed by atoms with van der Waals surface area (Å²) in [5, 5.41) is 0. The number of carbonyl (C=O) groups excluding carboxylic acids is 3. The van der Waals surface area contributed by atoms with E-state index < -0.39 is 0 Å². The molecule has 146 valence electrons. The maximum atomic E-state index is 12.9. The van der Waals surface area contributed by atoms with E-state index in [4.69, 9.17) is 4.74 Å². The van der Waals surface area contributed by atoms with Gasteiger partial charge >= 0.3 is 0 Å². The zero-order chi connectivity index (χ0) is 19.4. The first-order valence-electron chi connectivity index (χ1n) is 9.55. The lowest BCUT2D eigenvalue weighted by Crippen LogP contribution is -2.49. The summed E-state index contributed by atoms with van der Waals surface area (Å²) in [5.74, 6) is -0.626. The maximum Gasteiger partial charge on any atom is 0.256 e. The molecule has 1 aromatic rings. The van der Waals surface area contributed by atoms with E-state index in [-0.39, 0.29) is 36.9 Å². The van der Waals surface area contributed by atoms with Crippen LogP contribution < -0.4 is 4.90 Å². The number of fused-ring (bicyclic) bond motifs is 1.